The van der Waals surface area contributed by atoms with Crippen LogP contribution in [0.5, 0.6) is 0 Å². The van der Waals surface area contributed by atoms with E-state index in [0.717, 1.165) is 50.9 Å². The Morgan fingerprint density at radius 1 is 1.00 bits per heavy atom. The molecule has 1 atom stereocenters. The molecule has 33 heavy (non-hydrogen) atoms. The Kier molecular flexibility index (Phi) is 7.85. The van der Waals surface area contributed by atoms with Crippen molar-refractivity contribution >= 4 is 40.6 Å². The highest BCUT2D eigenvalue weighted by atomic mass is 32.1. The molecule has 3 heterocycles. The summed E-state index contributed by atoms with van der Waals surface area (Å²) in [4.78, 5) is 17.0. The molecule has 4 rings (SSSR count). The highest BCUT2D eigenvalue weighted by Gasteiger charge is 2.24. The van der Waals surface area contributed by atoms with Crippen LogP contribution in [0.1, 0.15) is 40.0 Å². The Morgan fingerprint density at radius 3 is 2.39 bits per heavy atom. The van der Waals surface area contributed by atoms with Gasteiger partial charge in [-0.05, 0) is 56.5 Å². The second-order valence-corrected chi connectivity index (χ2v) is 9.89. The molecule has 2 aliphatic rings. The predicted octanol–water partition coefficient (Wildman–Crippen LogP) is 4.12. The van der Waals surface area contributed by atoms with Crippen molar-refractivity contribution in [1.82, 2.24) is 15.3 Å². The average molecular weight is 468 g/mol. The number of nitrogens with zero attached hydrogens (tertiary/aromatic N) is 5. The molecule has 2 aromatic rings. The number of nitrogens with one attached hydrogen (secondary N) is 2. The van der Waals surface area contributed by atoms with Crippen LogP contribution in [0.2, 0.25) is 0 Å². The molecule has 2 aliphatic heterocycles. The maximum Gasteiger partial charge on any atom is 0.232 e. The molecular formula is C25H37N7S. The second-order valence-electron chi connectivity index (χ2n) is 9.48. The number of piperidine rings is 1. The molecule has 7 nitrogen and oxygen atoms in total. The zero-order chi connectivity index (χ0) is 23.2. The van der Waals surface area contributed by atoms with Crippen LogP contribution in [0.4, 0.5) is 23.3 Å². The van der Waals surface area contributed by atoms with E-state index < -0.39 is 0 Å². The minimum absolute atomic E-state index is 0.482. The van der Waals surface area contributed by atoms with Gasteiger partial charge in [-0.2, -0.15) is 9.97 Å². The molecule has 0 amide bonds. The Hall–Kier alpha value is -2.61. The van der Waals surface area contributed by atoms with Gasteiger partial charge >= 0.3 is 0 Å². The SMILES string of the molecule is CC(C)CNC(=S)Nc1nc(N2CCN(c3ccccc3)CC2)cc(N2CCCC[C@H]2C)n1. The Morgan fingerprint density at radius 2 is 1.70 bits per heavy atom. The fraction of sp³-hybridized carbons (Fsp3) is 0.560. The molecule has 0 radical (unpaired) electrons. The van der Waals surface area contributed by atoms with E-state index in [2.05, 4.69) is 82.5 Å². The van der Waals surface area contributed by atoms with Crippen molar-refractivity contribution in [3.63, 3.8) is 0 Å². The molecule has 0 bridgehead atoms. The number of aromatic nitrogens is 2. The van der Waals surface area contributed by atoms with Gasteiger partial charge in [0.2, 0.25) is 5.95 Å². The van der Waals surface area contributed by atoms with E-state index in [0.29, 0.717) is 23.0 Å². The van der Waals surface area contributed by atoms with Crippen LogP contribution in [0.25, 0.3) is 0 Å². The summed E-state index contributed by atoms with van der Waals surface area (Å²) in [6.07, 6.45) is 3.69. The number of anilines is 4. The average Bonchev–Trinajstić information content (AvgIpc) is 2.83. The monoisotopic (exact) mass is 467 g/mol. The number of rotatable bonds is 6. The molecule has 2 saturated heterocycles. The van der Waals surface area contributed by atoms with Crippen LogP contribution in [0, 0.1) is 5.92 Å². The van der Waals surface area contributed by atoms with Gasteiger partial charge in [-0.1, -0.05) is 32.0 Å². The smallest absolute Gasteiger partial charge is 0.232 e. The third kappa shape index (κ3) is 6.25. The van der Waals surface area contributed by atoms with E-state index in [4.69, 9.17) is 22.2 Å². The molecule has 8 heteroatoms. The van der Waals surface area contributed by atoms with Crippen LogP contribution in [-0.2, 0) is 0 Å². The van der Waals surface area contributed by atoms with Crippen molar-refractivity contribution in [3.8, 4) is 0 Å². The van der Waals surface area contributed by atoms with Gasteiger partial charge in [0.1, 0.15) is 11.6 Å². The van der Waals surface area contributed by atoms with Crippen LogP contribution in [-0.4, -0.2) is 60.4 Å². The molecule has 1 aromatic heterocycles. The van der Waals surface area contributed by atoms with Gasteiger partial charge < -0.3 is 25.3 Å². The number of piperazine rings is 1. The molecule has 0 spiro atoms. The summed E-state index contributed by atoms with van der Waals surface area (Å²) in [5.41, 5.74) is 1.28. The van der Waals surface area contributed by atoms with Gasteiger partial charge in [0.15, 0.2) is 5.11 Å². The lowest BCUT2D eigenvalue weighted by molar-refractivity contribution is 0.481. The van der Waals surface area contributed by atoms with Crippen molar-refractivity contribution in [1.29, 1.82) is 0 Å². The first-order valence-electron chi connectivity index (χ1n) is 12.2. The van der Waals surface area contributed by atoms with Crippen molar-refractivity contribution in [2.45, 2.75) is 46.1 Å². The van der Waals surface area contributed by atoms with Gasteiger partial charge in [-0.25, -0.2) is 0 Å². The lowest BCUT2D eigenvalue weighted by atomic mass is 10.0. The number of thiocarbonyl (C=S) groups is 1. The van der Waals surface area contributed by atoms with Gasteiger partial charge in [0.05, 0.1) is 0 Å². The highest BCUT2D eigenvalue weighted by molar-refractivity contribution is 7.80. The lowest BCUT2D eigenvalue weighted by Gasteiger charge is -2.38. The zero-order valence-electron chi connectivity index (χ0n) is 20.1. The first-order chi connectivity index (χ1) is 16.0. The van der Waals surface area contributed by atoms with Crippen LogP contribution >= 0.6 is 12.2 Å². The summed E-state index contributed by atoms with van der Waals surface area (Å²) in [5.74, 6) is 3.06. The first-order valence-corrected chi connectivity index (χ1v) is 12.7. The zero-order valence-corrected chi connectivity index (χ0v) is 20.9. The number of hydrogen-bond donors (Lipinski definition) is 2. The van der Waals surface area contributed by atoms with Crippen LogP contribution in [0.15, 0.2) is 36.4 Å². The molecule has 2 N–H and O–H groups in total. The highest BCUT2D eigenvalue weighted by Crippen LogP contribution is 2.28. The van der Waals surface area contributed by atoms with Crippen molar-refractivity contribution < 1.29 is 0 Å². The van der Waals surface area contributed by atoms with E-state index in [1.54, 1.807) is 0 Å². The summed E-state index contributed by atoms with van der Waals surface area (Å²) in [6, 6.07) is 13.3. The van der Waals surface area contributed by atoms with Gasteiger partial charge in [-0.3, -0.25) is 0 Å². The normalized spacial score (nSPS) is 19.0. The van der Waals surface area contributed by atoms with E-state index in [1.807, 2.05) is 0 Å². The van der Waals surface area contributed by atoms with Crippen molar-refractivity contribution in [3.05, 3.63) is 36.4 Å². The minimum atomic E-state index is 0.482. The van der Waals surface area contributed by atoms with Crippen molar-refractivity contribution in [2.24, 2.45) is 5.92 Å². The van der Waals surface area contributed by atoms with E-state index in [1.165, 1.54) is 24.9 Å². The topological polar surface area (TPSA) is 59.6 Å². The molecule has 0 aliphatic carbocycles. The fourth-order valence-corrected chi connectivity index (χ4v) is 4.68. The van der Waals surface area contributed by atoms with Crippen LogP contribution in [0.3, 0.4) is 0 Å². The number of benzene rings is 1. The maximum absolute atomic E-state index is 5.51. The molecule has 178 valence electrons. The summed E-state index contributed by atoms with van der Waals surface area (Å²) < 4.78 is 0. The van der Waals surface area contributed by atoms with E-state index in [-0.39, 0.29) is 0 Å². The van der Waals surface area contributed by atoms with E-state index in [9.17, 15) is 0 Å². The number of para-hydroxylation sites is 1. The Labute approximate surface area is 203 Å². The second kappa shape index (κ2) is 11.0. The minimum Gasteiger partial charge on any atom is -0.368 e. The number of hydrogen-bond acceptors (Lipinski definition) is 6. The Balaban J connectivity index is 1.52. The molecule has 0 unspecified atom stereocenters. The molecule has 1 aromatic carbocycles. The third-order valence-electron chi connectivity index (χ3n) is 6.42. The quantitative estimate of drug-likeness (QED) is 0.615. The lowest BCUT2D eigenvalue weighted by Crippen LogP contribution is -2.47. The maximum atomic E-state index is 5.51. The Bertz CT molecular complexity index is 912. The summed E-state index contributed by atoms with van der Waals surface area (Å²) in [7, 11) is 0. The molecule has 0 saturated carbocycles. The van der Waals surface area contributed by atoms with Gasteiger partial charge in [-0.15, -0.1) is 0 Å². The third-order valence-corrected chi connectivity index (χ3v) is 6.66. The first kappa shape index (κ1) is 23.5. The van der Waals surface area contributed by atoms with Gasteiger partial charge in [0, 0.05) is 57.1 Å². The largest absolute Gasteiger partial charge is 0.368 e. The van der Waals surface area contributed by atoms with Crippen molar-refractivity contribution in [2.75, 3.05) is 59.3 Å². The van der Waals surface area contributed by atoms with E-state index >= 15 is 0 Å². The van der Waals surface area contributed by atoms with Gasteiger partial charge in [0.25, 0.3) is 0 Å². The standard InChI is InChI=1S/C25H37N7S/c1-19(2)18-26-25(33)29-24-27-22(17-23(28-24)32-12-8-7-9-20(32)3)31-15-13-30(14-16-31)21-10-5-4-6-11-21/h4-6,10-11,17,19-20H,7-9,12-16,18H2,1-3H3,(H2,26,27,28,29,33)/t20-/m1/s1. The predicted molar refractivity (Wildman–Crippen MR) is 143 cm³/mol. The fourth-order valence-electron chi connectivity index (χ4n) is 4.50. The summed E-state index contributed by atoms with van der Waals surface area (Å²) >= 11 is 5.51. The summed E-state index contributed by atoms with van der Waals surface area (Å²) in [5, 5.41) is 7.08. The van der Waals surface area contributed by atoms with Crippen LogP contribution < -0.4 is 25.3 Å². The molecular weight excluding hydrogens is 430 g/mol. The summed E-state index contributed by atoms with van der Waals surface area (Å²) in [6.45, 7) is 12.3. The molecule has 2 fully saturated rings.